The lowest BCUT2D eigenvalue weighted by atomic mass is 10.0. The average Bonchev–Trinajstić information content (AvgIpc) is 2.90. The number of ether oxygens (including phenoxy) is 1. The molecule has 0 saturated heterocycles. The Morgan fingerprint density at radius 3 is 1.47 bits per heavy atom. The van der Waals surface area contributed by atoms with Gasteiger partial charge in [-0.1, -0.05) is 35.8 Å². The molecule has 0 saturated carbocycles. The van der Waals surface area contributed by atoms with E-state index in [4.69, 9.17) is 4.74 Å². The molecule has 0 radical (unpaired) electrons. The monoisotopic (exact) mass is 504 g/mol. The van der Waals surface area contributed by atoms with E-state index >= 15 is 0 Å². The minimum Gasteiger partial charge on any atom is -0.478 e. The summed E-state index contributed by atoms with van der Waals surface area (Å²) in [5, 5.41) is 29.5. The van der Waals surface area contributed by atoms with Crippen LogP contribution in [0, 0.1) is 23.7 Å². The number of carboxylic acid groups (broad SMARTS) is 3. The molecule has 4 aromatic rings. The second kappa shape index (κ2) is 10.8. The third-order valence-electron chi connectivity index (χ3n) is 5.31. The van der Waals surface area contributed by atoms with Crippen molar-refractivity contribution in [3.63, 3.8) is 0 Å². The van der Waals surface area contributed by atoms with Crippen LogP contribution in [0.2, 0.25) is 0 Å². The summed E-state index contributed by atoms with van der Waals surface area (Å²) in [5.41, 5.74) is 1.45. The van der Waals surface area contributed by atoms with Crippen molar-refractivity contribution < 1.29 is 39.2 Å². The summed E-state index contributed by atoms with van der Waals surface area (Å²) in [6, 6.07) is 18.7. The highest BCUT2D eigenvalue weighted by Gasteiger charge is 2.11. The Hall–Kier alpha value is -5.86. The summed E-state index contributed by atoms with van der Waals surface area (Å²) in [4.78, 5) is 44.6. The summed E-state index contributed by atoms with van der Waals surface area (Å²) >= 11 is 0. The predicted octanol–water partition coefficient (Wildman–Crippen LogP) is 4.27. The fraction of sp³-hybridized carbons (Fsp3) is 0. The van der Waals surface area contributed by atoms with Crippen LogP contribution in [-0.4, -0.2) is 39.7 Å². The van der Waals surface area contributed by atoms with Crippen molar-refractivity contribution in [1.82, 2.24) is 0 Å². The quantitative estimate of drug-likeness (QED) is 0.271. The lowest BCUT2D eigenvalue weighted by molar-refractivity contribution is -0.120. The zero-order valence-corrected chi connectivity index (χ0v) is 19.4. The number of rotatable bonds is 5. The van der Waals surface area contributed by atoms with E-state index in [0.29, 0.717) is 16.7 Å². The maximum absolute atomic E-state index is 11.3. The Morgan fingerprint density at radius 2 is 1.00 bits per heavy atom. The number of carboxylic acids is 3. The summed E-state index contributed by atoms with van der Waals surface area (Å²) in [7, 11) is 0. The van der Waals surface area contributed by atoms with Gasteiger partial charge in [0.1, 0.15) is 5.75 Å². The topological polar surface area (TPSA) is 138 Å². The molecule has 0 atom stereocenters. The first-order chi connectivity index (χ1) is 18.2. The van der Waals surface area contributed by atoms with Gasteiger partial charge in [0.2, 0.25) is 0 Å². The maximum Gasteiger partial charge on any atom is 0.335 e. The van der Waals surface area contributed by atoms with E-state index in [1.807, 2.05) is 24.3 Å². The van der Waals surface area contributed by atoms with Crippen LogP contribution in [-0.2, 0) is 4.79 Å². The highest BCUT2D eigenvalue weighted by Crippen LogP contribution is 2.19. The molecule has 38 heavy (non-hydrogen) atoms. The second-order valence-corrected chi connectivity index (χ2v) is 7.95. The molecule has 4 rings (SSSR count). The van der Waals surface area contributed by atoms with Crippen LogP contribution in [0.15, 0.2) is 72.8 Å². The number of hydrogen-bond acceptors (Lipinski definition) is 5. The Bertz CT molecular complexity index is 1730. The summed E-state index contributed by atoms with van der Waals surface area (Å²) in [6.45, 7) is 0.204. The van der Waals surface area contributed by atoms with Crippen molar-refractivity contribution >= 4 is 35.2 Å². The van der Waals surface area contributed by atoms with Gasteiger partial charge in [-0.3, -0.25) is 4.79 Å². The normalized spacial score (nSPS) is 9.89. The van der Waals surface area contributed by atoms with E-state index in [-0.39, 0.29) is 34.5 Å². The van der Waals surface area contributed by atoms with Crippen molar-refractivity contribution in [2.75, 3.05) is 0 Å². The third kappa shape index (κ3) is 6.03. The third-order valence-corrected chi connectivity index (χ3v) is 5.31. The molecule has 3 N–H and O–H groups in total. The van der Waals surface area contributed by atoms with Gasteiger partial charge in [-0.05, 0) is 71.4 Å². The van der Waals surface area contributed by atoms with Gasteiger partial charge in [0.25, 0.3) is 6.47 Å². The minimum absolute atomic E-state index is 0.0651. The number of carbonyl (C=O) groups excluding carboxylic acids is 1. The van der Waals surface area contributed by atoms with E-state index in [2.05, 4.69) is 23.7 Å². The van der Waals surface area contributed by atoms with Crippen LogP contribution in [0.4, 0.5) is 0 Å². The van der Waals surface area contributed by atoms with Crippen molar-refractivity contribution in [2.24, 2.45) is 0 Å². The average molecular weight is 504 g/mol. The van der Waals surface area contributed by atoms with Gasteiger partial charge in [-0.15, -0.1) is 0 Å². The molecule has 0 aliphatic carbocycles. The van der Waals surface area contributed by atoms with E-state index in [0.717, 1.165) is 16.8 Å². The highest BCUT2D eigenvalue weighted by atomic mass is 16.5. The summed E-state index contributed by atoms with van der Waals surface area (Å²) < 4.78 is 4.77. The molecule has 0 fully saturated rings. The fourth-order valence-corrected chi connectivity index (χ4v) is 3.56. The Kier molecular flexibility index (Phi) is 7.18. The summed E-state index contributed by atoms with van der Waals surface area (Å²) in [5.74, 6) is 7.97. The zero-order valence-electron chi connectivity index (χ0n) is 19.4. The number of carbonyl (C=O) groups is 4. The first-order valence-corrected chi connectivity index (χ1v) is 10.9. The molecule has 0 amide bonds. The molecular weight excluding hydrogens is 488 g/mol. The number of benzene rings is 4. The van der Waals surface area contributed by atoms with E-state index in [1.54, 1.807) is 12.1 Å². The van der Waals surface area contributed by atoms with Gasteiger partial charge in [-0.2, -0.15) is 0 Å². The molecule has 0 heterocycles. The predicted molar refractivity (Wildman–Crippen MR) is 136 cm³/mol. The lowest BCUT2D eigenvalue weighted by Gasteiger charge is -2.02. The summed E-state index contributed by atoms with van der Waals surface area (Å²) in [6.07, 6.45) is 0. The van der Waals surface area contributed by atoms with Crippen LogP contribution in [0.1, 0.15) is 53.3 Å². The van der Waals surface area contributed by atoms with Crippen LogP contribution in [0.5, 0.6) is 5.75 Å². The molecule has 0 aliphatic heterocycles. The molecule has 0 aliphatic rings. The van der Waals surface area contributed by atoms with Crippen LogP contribution < -0.4 is 4.74 Å². The van der Waals surface area contributed by atoms with Gasteiger partial charge in [0.15, 0.2) is 0 Å². The van der Waals surface area contributed by atoms with Crippen LogP contribution in [0.25, 0.3) is 10.8 Å². The molecule has 0 spiro atoms. The van der Waals surface area contributed by atoms with Crippen molar-refractivity contribution in [3.05, 3.63) is 112 Å². The van der Waals surface area contributed by atoms with Crippen LogP contribution >= 0.6 is 0 Å². The standard InChI is InChI=1S/C30H16O8/c31-17-38-27-14-21(13-26(16-27)30(36)37)4-2-19-6-8-22-7-5-18(9-23(22)10-19)1-3-20-11-24(28(32)33)15-25(12-20)29(34)35/h5-17H,(H,32,33)(H,34,35)(H,36,37). The van der Waals surface area contributed by atoms with Gasteiger partial charge >= 0.3 is 17.9 Å². The second-order valence-electron chi connectivity index (χ2n) is 7.95. The minimum atomic E-state index is -1.25. The van der Waals surface area contributed by atoms with E-state index in [1.165, 1.54) is 30.3 Å². The number of aromatic carboxylic acids is 3. The van der Waals surface area contributed by atoms with E-state index in [9.17, 15) is 34.5 Å². The van der Waals surface area contributed by atoms with Gasteiger partial charge in [0.05, 0.1) is 16.7 Å². The Morgan fingerprint density at radius 1 is 0.553 bits per heavy atom. The maximum atomic E-state index is 11.3. The molecular formula is C30H16O8. The first kappa shape index (κ1) is 25.2. The molecule has 184 valence electrons. The Labute approximate surface area is 215 Å². The van der Waals surface area contributed by atoms with Crippen molar-refractivity contribution in [3.8, 4) is 29.4 Å². The number of fused-ring (bicyclic) bond motifs is 1. The molecule has 0 bridgehead atoms. The Balaban J connectivity index is 1.66. The molecule has 0 unspecified atom stereocenters. The molecule has 4 aromatic carbocycles. The molecule has 0 aromatic heterocycles. The lowest BCUT2D eigenvalue weighted by Crippen LogP contribution is -2.03. The number of hydrogen-bond donors (Lipinski definition) is 3. The molecule has 8 heteroatoms. The molecule has 8 nitrogen and oxygen atoms in total. The smallest absolute Gasteiger partial charge is 0.335 e. The van der Waals surface area contributed by atoms with Gasteiger partial charge in [0, 0.05) is 22.3 Å². The zero-order chi connectivity index (χ0) is 27.2. The highest BCUT2D eigenvalue weighted by molar-refractivity contribution is 5.94. The van der Waals surface area contributed by atoms with Crippen molar-refractivity contribution in [2.45, 2.75) is 0 Å². The van der Waals surface area contributed by atoms with Gasteiger partial charge < -0.3 is 20.1 Å². The first-order valence-electron chi connectivity index (χ1n) is 10.9. The van der Waals surface area contributed by atoms with Gasteiger partial charge in [-0.25, -0.2) is 14.4 Å². The SMILES string of the molecule is O=COc1cc(C#Cc2ccc3ccc(C#Cc4cc(C(=O)O)cc(C(=O)O)c4)cc3c2)cc(C(=O)O)c1. The fourth-order valence-electron chi connectivity index (χ4n) is 3.56. The van der Waals surface area contributed by atoms with Crippen LogP contribution in [0.3, 0.4) is 0 Å². The van der Waals surface area contributed by atoms with E-state index < -0.39 is 17.9 Å². The van der Waals surface area contributed by atoms with Crippen molar-refractivity contribution in [1.29, 1.82) is 0 Å². The largest absolute Gasteiger partial charge is 0.478 e.